The number of nitrogens with one attached hydrogen (secondary N) is 3. The second-order valence-electron chi connectivity index (χ2n) is 6.76. The van der Waals surface area contributed by atoms with Gasteiger partial charge in [0.15, 0.2) is 11.6 Å². The summed E-state index contributed by atoms with van der Waals surface area (Å²) in [6.07, 6.45) is 2.07. The van der Waals surface area contributed by atoms with Crippen molar-refractivity contribution in [1.82, 2.24) is 15.3 Å². The fraction of sp³-hybridized carbons (Fsp3) is 0.412. The number of piperidine rings is 1. The molecule has 1 saturated heterocycles. The van der Waals surface area contributed by atoms with Crippen molar-refractivity contribution in [2.45, 2.75) is 31.2 Å². The Balaban J connectivity index is 1.82. The Morgan fingerprint density at radius 3 is 2.85 bits per heavy atom. The Labute approximate surface area is 157 Å². The van der Waals surface area contributed by atoms with Gasteiger partial charge in [0, 0.05) is 18.3 Å². The third-order valence-electron chi connectivity index (χ3n) is 4.64. The van der Waals surface area contributed by atoms with Gasteiger partial charge in [-0.1, -0.05) is 13.0 Å². The monoisotopic (exact) mass is 394 g/mol. The van der Waals surface area contributed by atoms with Crippen molar-refractivity contribution in [2.75, 3.05) is 23.7 Å². The number of sulfonamides is 1. The number of aromatic nitrogens is 2. The molecule has 0 aliphatic carbocycles. The summed E-state index contributed by atoms with van der Waals surface area (Å²) in [6.45, 7) is 5.43. The largest absolute Gasteiger partial charge is 0.363 e. The van der Waals surface area contributed by atoms with Crippen LogP contribution in [0.2, 0.25) is 0 Å². The van der Waals surface area contributed by atoms with Crippen LogP contribution in [0, 0.1) is 18.7 Å². The average Bonchev–Trinajstić information content (AvgIpc) is 2.60. The number of rotatable bonds is 5. The number of primary sulfonamides is 1. The molecule has 0 bridgehead atoms. The van der Waals surface area contributed by atoms with Gasteiger partial charge in [-0.3, -0.25) is 0 Å². The molecule has 0 saturated carbocycles. The molecule has 0 spiro atoms. The molecular weight excluding hydrogens is 371 g/mol. The van der Waals surface area contributed by atoms with E-state index in [1.165, 1.54) is 6.07 Å². The molecule has 8 nitrogen and oxygen atoms in total. The molecule has 2 aromatic rings. The summed E-state index contributed by atoms with van der Waals surface area (Å²) in [4.78, 5) is 8.13. The molecule has 1 aliphatic heterocycles. The fourth-order valence-corrected chi connectivity index (χ4v) is 3.81. The van der Waals surface area contributed by atoms with E-state index >= 15 is 0 Å². The van der Waals surface area contributed by atoms with E-state index in [1.54, 1.807) is 19.1 Å². The Morgan fingerprint density at radius 1 is 1.37 bits per heavy atom. The van der Waals surface area contributed by atoms with Crippen molar-refractivity contribution in [3.8, 4) is 0 Å². The summed E-state index contributed by atoms with van der Waals surface area (Å²) < 4.78 is 37.5. The number of aryl methyl sites for hydroxylation is 1. The summed E-state index contributed by atoms with van der Waals surface area (Å²) in [7, 11) is -3.85. The highest BCUT2D eigenvalue weighted by Gasteiger charge is 2.22. The highest BCUT2D eigenvalue weighted by atomic mass is 32.2. The van der Waals surface area contributed by atoms with E-state index in [1.807, 2.05) is 0 Å². The van der Waals surface area contributed by atoms with Crippen LogP contribution in [0.3, 0.4) is 0 Å². The van der Waals surface area contributed by atoms with Crippen molar-refractivity contribution < 1.29 is 12.8 Å². The van der Waals surface area contributed by atoms with E-state index in [-0.39, 0.29) is 22.7 Å². The number of hydrogen-bond acceptors (Lipinski definition) is 7. The molecule has 2 heterocycles. The second-order valence-corrected chi connectivity index (χ2v) is 8.29. The minimum atomic E-state index is -3.85. The smallest absolute Gasteiger partial charge is 0.238 e. The first-order valence-electron chi connectivity index (χ1n) is 8.64. The van der Waals surface area contributed by atoms with Gasteiger partial charge in [0.1, 0.15) is 0 Å². The quantitative estimate of drug-likeness (QED) is 0.609. The van der Waals surface area contributed by atoms with E-state index in [0.717, 1.165) is 25.7 Å². The van der Waals surface area contributed by atoms with E-state index in [0.29, 0.717) is 17.2 Å². The molecule has 1 aromatic heterocycles. The molecule has 0 radical (unpaired) electrons. The van der Waals surface area contributed by atoms with Gasteiger partial charge in [-0.05, 0) is 43.5 Å². The summed E-state index contributed by atoms with van der Waals surface area (Å²) in [5.41, 5.74) is 0.971. The van der Waals surface area contributed by atoms with Gasteiger partial charge in [0.25, 0.3) is 0 Å². The van der Waals surface area contributed by atoms with Crippen LogP contribution in [0.25, 0.3) is 0 Å². The summed E-state index contributed by atoms with van der Waals surface area (Å²) in [5, 5.41) is 14.5. The van der Waals surface area contributed by atoms with Gasteiger partial charge in [0.05, 0.1) is 11.1 Å². The molecule has 1 aromatic carbocycles. The molecule has 3 rings (SSSR count). The van der Waals surface area contributed by atoms with E-state index in [2.05, 4.69) is 32.8 Å². The van der Waals surface area contributed by atoms with Crippen molar-refractivity contribution in [3.05, 3.63) is 35.8 Å². The minimum absolute atomic E-state index is 0.00932. The molecule has 27 heavy (non-hydrogen) atoms. The van der Waals surface area contributed by atoms with E-state index in [9.17, 15) is 12.8 Å². The Bertz CT molecular complexity index is 937. The van der Waals surface area contributed by atoms with Gasteiger partial charge < -0.3 is 16.0 Å². The predicted octanol–water partition coefficient (Wildman–Crippen LogP) is 1.73. The van der Waals surface area contributed by atoms with Crippen LogP contribution in [-0.4, -0.2) is 37.5 Å². The standard InChI is InChI=1S/C17H23FN6O2S/c1-10-5-6-20-9-14(10)23-16-13(18)8-21-17(24-16)22-12-4-3-11(2)15(7-12)27(19,25)26/h3-4,7-8,10,14,20H,5-6,9H2,1-2H3,(H2,19,25,26)(H2,21,22,23,24). The Morgan fingerprint density at radius 2 is 2.15 bits per heavy atom. The maximum atomic E-state index is 14.1. The Hall–Kier alpha value is -2.30. The number of benzene rings is 1. The first kappa shape index (κ1) is 19.5. The third-order valence-corrected chi connectivity index (χ3v) is 5.70. The van der Waals surface area contributed by atoms with Crippen LogP contribution in [0.4, 0.5) is 21.8 Å². The van der Waals surface area contributed by atoms with Crippen molar-refractivity contribution in [1.29, 1.82) is 0 Å². The zero-order valence-electron chi connectivity index (χ0n) is 15.2. The van der Waals surface area contributed by atoms with Crippen LogP contribution in [-0.2, 0) is 10.0 Å². The number of halogens is 1. The molecular formula is C17H23FN6O2S. The molecule has 5 N–H and O–H groups in total. The number of hydrogen-bond donors (Lipinski definition) is 4. The first-order chi connectivity index (χ1) is 12.7. The number of nitrogens with two attached hydrogens (primary N) is 1. The van der Waals surface area contributed by atoms with E-state index in [4.69, 9.17) is 5.14 Å². The molecule has 1 fully saturated rings. The molecule has 2 unspecified atom stereocenters. The van der Waals surface area contributed by atoms with Gasteiger partial charge in [-0.25, -0.2) is 22.9 Å². The maximum absolute atomic E-state index is 14.1. The van der Waals surface area contributed by atoms with Crippen LogP contribution >= 0.6 is 0 Å². The first-order valence-corrected chi connectivity index (χ1v) is 10.2. The molecule has 2 atom stereocenters. The van der Waals surface area contributed by atoms with Gasteiger partial charge >= 0.3 is 0 Å². The maximum Gasteiger partial charge on any atom is 0.238 e. The lowest BCUT2D eigenvalue weighted by Crippen LogP contribution is -2.44. The predicted molar refractivity (Wildman–Crippen MR) is 102 cm³/mol. The Kier molecular flexibility index (Phi) is 5.59. The fourth-order valence-electron chi connectivity index (χ4n) is 3.00. The van der Waals surface area contributed by atoms with Crippen LogP contribution in [0.1, 0.15) is 18.9 Å². The molecule has 1 aliphatic rings. The molecule has 0 amide bonds. The highest BCUT2D eigenvalue weighted by molar-refractivity contribution is 7.89. The van der Waals surface area contributed by atoms with Gasteiger partial charge in [-0.2, -0.15) is 4.98 Å². The van der Waals surface area contributed by atoms with Gasteiger partial charge in [0.2, 0.25) is 16.0 Å². The van der Waals surface area contributed by atoms with Crippen molar-refractivity contribution >= 4 is 27.5 Å². The molecule has 10 heteroatoms. The van der Waals surface area contributed by atoms with Crippen LogP contribution in [0.15, 0.2) is 29.3 Å². The normalized spacial score (nSPS) is 20.3. The van der Waals surface area contributed by atoms with Gasteiger partial charge in [-0.15, -0.1) is 0 Å². The third kappa shape index (κ3) is 4.71. The summed E-state index contributed by atoms with van der Waals surface area (Å²) >= 11 is 0. The van der Waals surface area contributed by atoms with E-state index < -0.39 is 15.8 Å². The SMILES string of the molecule is Cc1ccc(Nc2ncc(F)c(NC3CNCCC3C)n2)cc1S(N)(=O)=O. The van der Waals surface area contributed by atoms with Crippen molar-refractivity contribution in [3.63, 3.8) is 0 Å². The zero-order valence-corrected chi connectivity index (χ0v) is 16.0. The van der Waals surface area contributed by atoms with Crippen LogP contribution in [0.5, 0.6) is 0 Å². The topological polar surface area (TPSA) is 122 Å². The summed E-state index contributed by atoms with van der Waals surface area (Å²) in [6, 6.07) is 4.76. The number of anilines is 3. The highest BCUT2D eigenvalue weighted by Crippen LogP contribution is 2.23. The lowest BCUT2D eigenvalue weighted by molar-refractivity contribution is 0.365. The second kappa shape index (κ2) is 7.75. The zero-order chi connectivity index (χ0) is 19.6. The lowest BCUT2D eigenvalue weighted by atomic mass is 9.95. The lowest BCUT2D eigenvalue weighted by Gasteiger charge is -2.30. The molecule has 146 valence electrons. The average molecular weight is 394 g/mol. The van der Waals surface area contributed by atoms with Crippen molar-refractivity contribution in [2.24, 2.45) is 11.1 Å². The summed E-state index contributed by atoms with van der Waals surface area (Å²) in [5.74, 6) is 0.0882. The number of nitrogens with zero attached hydrogens (tertiary/aromatic N) is 2. The minimum Gasteiger partial charge on any atom is -0.363 e. The van der Waals surface area contributed by atoms with Crippen LogP contribution < -0.4 is 21.1 Å².